The van der Waals surface area contributed by atoms with Gasteiger partial charge in [-0.05, 0) is 38.7 Å². The molecule has 1 aromatic heterocycles. The Balaban J connectivity index is 2.16. The van der Waals surface area contributed by atoms with E-state index in [4.69, 9.17) is 23.2 Å². The fourth-order valence-electron chi connectivity index (χ4n) is 1.85. The van der Waals surface area contributed by atoms with E-state index in [0.29, 0.717) is 16.5 Å². The second kappa shape index (κ2) is 4.46. The Hall–Kier alpha value is -0.800. The zero-order valence-electron chi connectivity index (χ0n) is 9.76. The Morgan fingerprint density at radius 1 is 1.47 bits per heavy atom. The molecule has 1 aliphatic rings. The van der Waals surface area contributed by atoms with Crippen LogP contribution < -0.4 is 5.32 Å². The minimum Gasteiger partial charge on any atom is -0.347 e. The third-order valence-electron chi connectivity index (χ3n) is 3.10. The van der Waals surface area contributed by atoms with Crippen LogP contribution in [-0.2, 0) is 0 Å². The van der Waals surface area contributed by atoms with Crippen LogP contribution in [-0.4, -0.2) is 16.4 Å². The molecule has 0 radical (unpaired) electrons. The molecule has 1 heterocycles. The average molecular weight is 273 g/mol. The number of carbonyl (C=O) groups excluding carboxylic acids is 1. The fraction of sp³-hybridized carbons (Fsp3) is 0.500. The van der Waals surface area contributed by atoms with Crippen LogP contribution in [0.3, 0.4) is 0 Å². The molecule has 0 aromatic carbocycles. The summed E-state index contributed by atoms with van der Waals surface area (Å²) in [5, 5.41) is 3.58. The topological polar surface area (TPSA) is 42.0 Å². The Morgan fingerprint density at radius 2 is 2.12 bits per heavy atom. The Morgan fingerprint density at radius 3 is 2.71 bits per heavy atom. The summed E-state index contributed by atoms with van der Waals surface area (Å²) in [5.41, 5.74) is 0.177. The first-order chi connectivity index (χ1) is 7.90. The minimum absolute atomic E-state index is 0.198. The van der Waals surface area contributed by atoms with Gasteiger partial charge in [-0.3, -0.25) is 4.79 Å². The molecule has 5 heteroatoms. The van der Waals surface area contributed by atoms with Gasteiger partial charge in [0.05, 0.1) is 10.6 Å². The number of aromatic nitrogens is 1. The van der Waals surface area contributed by atoms with Gasteiger partial charge < -0.3 is 5.32 Å². The van der Waals surface area contributed by atoms with Crippen LogP contribution in [0.5, 0.6) is 0 Å². The second-order valence-electron chi connectivity index (χ2n) is 4.94. The quantitative estimate of drug-likeness (QED) is 0.858. The van der Waals surface area contributed by atoms with Gasteiger partial charge in [0.15, 0.2) is 0 Å². The van der Waals surface area contributed by atoms with E-state index in [1.54, 1.807) is 0 Å². The van der Waals surface area contributed by atoms with Crippen molar-refractivity contribution in [2.75, 3.05) is 0 Å². The molecular formula is C12H14Cl2N2O. The van der Waals surface area contributed by atoms with Crippen LogP contribution >= 0.6 is 23.2 Å². The van der Waals surface area contributed by atoms with Crippen LogP contribution in [0.1, 0.15) is 37.0 Å². The predicted molar refractivity (Wildman–Crippen MR) is 68.5 cm³/mol. The lowest BCUT2D eigenvalue weighted by Crippen LogP contribution is -2.45. The highest BCUT2D eigenvalue weighted by molar-refractivity contribution is 6.35. The molecule has 1 saturated carbocycles. The van der Waals surface area contributed by atoms with Crippen molar-refractivity contribution in [3.05, 3.63) is 28.0 Å². The SMILES string of the molecule is CC(C)(NC(=O)c1cc(Cl)ncc1Cl)C1CC1. The van der Waals surface area contributed by atoms with Crippen molar-refractivity contribution in [1.82, 2.24) is 10.3 Å². The van der Waals surface area contributed by atoms with Crippen molar-refractivity contribution in [1.29, 1.82) is 0 Å². The molecule has 3 nitrogen and oxygen atoms in total. The van der Waals surface area contributed by atoms with Crippen LogP contribution in [0, 0.1) is 5.92 Å². The molecule has 0 atom stereocenters. The van der Waals surface area contributed by atoms with Gasteiger partial charge in [-0.1, -0.05) is 23.2 Å². The zero-order chi connectivity index (χ0) is 12.6. The molecule has 1 aromatic rings. The lowest BCUT2D eigenvalue weighted by molar-refractivity contribution is 0.0903. The first kappa shape index (κ1) is 12.7. The first-order valence-electron chi connectivity index (χ1n) is 5.54. The highest BCUT2D eigenvalue weighted by Gasteiger charge is 2.39. The van der Waals surface area contributed by atoms with Gasteiger partial charge in [0, 0.05) is 11.7 Å². The van der Waals surface area contributed by atoms with E-state index in [-0.39, 0.29) is 16.6 Å². The van der Waals surface area contributed by atoms with Gasteiger partial charge in [0.25, 0.3) is 5.91 Å². The summed E-state index contributed by atoms with van der Waals surface area (Å²) in [7, 11) is 0. The Labute approximate surface area is 111 Å². The van der Waals surface area contributed by atoms with Crippen molar-refractivity contribution in [2.45, 2.75) is 32.2 Å². The van der Waals surface area contributed by atoms with E-state index < -0.39 is 0 Å². The van der Waals surface area contributed by atoms with Crippen molar-refractivity contribution >= 4 is 29.1 Å². The monoisotopic (exact) mass is 272 g/mol. The van der Waals surface area contributed by atoms with Crippen LogP contribution in [0.15, 0.2) is 12.3 Å². The summed E-state index contributed by atoms with van der Waals surface area (Å²) in [5.74, 6) is 0.360. The highest BCUT2D eigenvalue weighted by Crippen LogP contribution is 2.39. The molecule has 1 amide bonds. The number of hydrogen-bond donors (Lipinski definition) is 1. The van der Waals surface area contributed by atoms with E-state index in [0.717, 1.165) is 12.8 Å². The third kappa shape index (κ3) is 2.90. The van der Waals surface area contributed by atoms with Crippen molar-refractivity contribution in [2.24, 2.45) is 5.92 Å². The number of halogens is 2. The number of pyridine rings is 1. The number of amides is 1. The Bertz CT molecular complexity index is 456. The summed E-state index contributed by atoms with van der Waals surface area (Å²) in [6.45, 7) is 4.05. The molecule has 1 fully saturated rings. The van der Waals surface area contributed by atoms with Gasteiger partial charge in [-0.2, -0.15) is 0 Å². The van der Waals surface area contributed by atoms with Gasteiger partial charge in [0.2, 0.25) is 0 Å². The molecule has 0 saturated heterocycles. The van der Waals surface area contributed by atoms with Gasteiger partial charge in [-0.25, -0.2) is 4.98 Å². The Kier molecular flexibility index (Phi) is 3.32. The van der Waals surface area contributed by atoms with Crippen LogP contribution in [0.25, 0.3) is 0 Å². The second-order valence-corrected chi connectivity index (χ2v) is 5.73. The zero-order valence-corrected chi connectivity index (χ0v) is 11.3. The predicted octanol–water partition coefficient (Wildman–Crippen LogP) is 3.31. The van der Waals surface area contributed by atoms with E-state index in [1.165, 1.54) is 12.3 Å². The minimum atomic E-state index is -0.198. The number of nitrogens with zero attached hydrogens (tertiary/aromatic N) is 1. The molecule has 92 valence electrons. The molecule has 1 aliphatic carbocycles. The average Bonchev–Trinajstić information content (AvgIpc) is 3.04. The summed E-state index contributed by atoms with van der Waals surface area (Å²) in [6.07, 6.45) is 3.72. The molecule has 0 unspecified atom stereocenters. The molecular weight excluding hydrogens is 259 g/mol. The van der Waals surface area contributed by atoms with E-state index in [9.17, 15) is 4.79 Å². The van der Waals surface area contributed by atoms with Gasteiger partial charge in [-0.15, -0.1) is 0 Å². The normalized spacial score (nSPS) is 15.8. The number of carbonyl (C=O) groups is 1. The third-order valence-corrected chi connectivity index (χ3v) is 3.61. The number of hydrogen-bond acceptors (Lipinski definition) is 2. The van der Waals surface area contributed by atoms with Crippen molar-refractivity contribution in [3.63, 3.8) is 0 Å². The lowest BCUT2D eigenvalue weighted by atomic mass is 9.98. The first-order valence-corrected chi connectivity index (χ1v) is 6.29. The van der Waals surface area contributed by atoms with Gasteiger partial charge >= 0.3 is 0 Å². The van der Waals surface area contributed by atoms with E-state index in [2.05, 4.69) is 10.3 Å². The maximum atomic E-state index is 12.1. The van der Waals surface area contributed by atoms with E-state index >= 15 is 0 Å². The van der Waals surface area contributed by atoms with Crippen LogP contribution in [0.2, 0.25) is 10.2 Å². The van der Waals surface area contributed by atoms with Crippen molar-refractivity contribution < 1.29 is 4.79 Å². The highest BCUT2D eigenvalue weighted by atomic mass is 35.5. The number of nitrogens with one attached hydrogen (secondary N) is 1. The van der Waals surface area contributed by atoms with Crippen molar-refractivity contribution in [3.8, 4) is 0 Å². The number of rotatable bonds is 3. The maximum Gasteiger partial charge on any atom is 0.253 e. The standard InChI is InChI=1S/C12H14Cl2N2O/c1-12(2,7-3-4-7)16-11(17)8-5-10(14)15-6-9(8)13/h5-7H,3-4H2,1-2H3,(H,16,17). The van der Waals surface area contributed by atoms with Crippen LogP contribution in [0.4, 0.5) is 0 Å². The molecule has 0 aliphatic heterocycles. The maximum absolute atomic E-state index is 12.1. The molecule has 0 spiro atoms. The fourth-order valence-corrected chi connectivity index (χ4v) is 2.20. The van der Waals surface area contributed by atoms with E-state index in [1.807, 2.05) is 13.8 Å². The smallest absolute Gasteiger partial charge is 0.253 e. The van der Waals surface area contributed by atoms with Gasteiger partial charge in [0.1, 0.15) is 5.15 Å². The molecule has 0 bridgehead atoms. The molecule has 17 heavy (non-hydrogen) atoms. The summed E-state index contributed by atoms with van der Waals surface area (Å²) in [4.78, 5) is 15.9. The summed E-state index contributed by atoms with van der Waals surface area (Å²) in [6, 6.07) is 1.49. The summed E-state index contributed by atoms with van der Waals surface area (Å²) < 4.78 is 0. The molecule has 2 rings (SSSR count). The summed E-state index contributed by atoms with van der Waals surface area (Å²) >= 11 is 11.7. The largest absolute Gasteiger partial charge is 0.347 e. The lowest BCUT2D eigenvalue weighted by Gasteiger charge is -2.26. The molecule has 1 N–H and O–H groups in total.